The molecule has 1 fully saturated rings. The predicted molar refractivity (Wildman–Crippen MR) is 90.0 cm³/mol. The molecule has 0 unspecified atom stereocenters. The van der Waals surface area contributed by atoms with E-state index in [4.69, 9.17) is 14.0 Å². The van der Waals surface area contributed by atoms with Crippen LogP contribution in [0.25, 0.3) is 11.3 Å². The minimum absolute atomic E-state index is 0.301. The molecule has 0 spiro atoms. The molecular formula is C19H18N2O4. The summed E-state index contributed by atoms with van der Waals surface area (Å²) in [6, 6.07) is 13.4. The molecule has 6 heteroatoms. The Labute approximate surface area is 145 Å². The lowest BCUT2D eigenvalue weighted by molar-refractivity contribution is -0.184. The highest BCUT2D eigenvalue weighted by Gasteiger charge is 2.38. The van der Waals surface area contributed by atoms with E-state index in [2.05, 4.69) is 10.1 Å². The summed E-state index contributed by atoms with van der Waals surface area (Å²) in [4.78, 5) is 4.27. The number of benzene rings is 1. The van der Waals surface area contributed by atoms with Crippen molar-refractivity contribution in [2.24, 2.45) is 0 Å². The lowest BCUT2D eigenvalue weighted by atomic mass is 9.94. The predicted octanol–water partition coefficient (Wildman–Crippen LogP) is 2.84. The van der Waals surface area contributed by atoms with Gasteiger partial charge in [0.25, 0.3) is 0 Å². The number of aromatic nitrogens is 2. The van der Waals surface area contributed by atoms with Gasteiger partial charge in [0.1, 0.15) is 23.7 Å². The SMILES string of the molecule is Cc1onc(-c2ccccc2)c1COc1ccc(C2(O)COC2)cn1. The monoisotopic (exact) mass is 338 g/mol. The van der Waals surface area contributed by atoms with Crippen LogP contribution < -0.4 is 4.74 Å². The fourth-order valence-electron chi connectivity index (χ4n) is 2.73. The minimum atomic E-state index is -0.920. The van der Waals surface area contributed by atoms with E-state index in [1.165, 1.54) is 0 Å². The van der Waals surface area contributed by atoms with Crippen LogP contribution in [0.5, 0.6) is 5.88 Å². The zero-order chi connectivity index (χ0) is 17.3. The summed E-state index contributed by atoms with van der Waals surface area (Å²) in [5.41, 5.74) is 2.46. The average Bonchev–Trinajstić information content (AvgIpc) is 3.00. The van der Waals surface area contributed by atoms with Gasteiger partial charge in [-0.25, -0.2) is 4.98 Å². The third-order valence-electron chi connectivity index (χ3n) is 4.35. The molecule has 1 saturated heterocycles. The van der Waals surface area contributed by atoms with Gasteiger partial charge in [0, 0.05) is 23.4 Å². The zero-order valence-electron chi connectivity index (χ0n) is 13.8. The van der Waals surface area contributed by atoms with Crippen molar-refractivity contribution in [3.63, 3.8) is 0 Å². The van der Waals surface area contributed by atoms with Crippen LogP contribution in [0.1, 0.15) is 16.9 Å². The van der Waals surface area contributed by atoms with E-state index in [0.717, 1.165) is 28.1 Å². The number of hydrogen-bond acceptors (Lipinski definition) is 6. The van der Waals surface area contributed by atoms with Crippen molar-refractivity contribution in [1.82, 2.24) is 10.1 Å². The van der Waals surface area contributed by atoms with Gasteiger partial charge in [-0.2, -0.15) is 0 Å². The molecule has 25 heavy (non-hydrogen) atoms. The Bertz CT molecular complexity index is 855. The Morgan fingerprint density at radius 1 is 1.16 bits per heavy atom. The van der Waals surface area contributed by atoms with Gasteiger partial charge in [0.15, 0.2) is 0 Å². The largest absolute Gasteiger partial charge is 0.473 e. The van der Waals surface area contributed by atoms with Crippen LogP contribution in [-0.2, 0) is 16.9 Å². The van der Waals surface area contributed by atoms with E-state index >= 15 is 0 Å². The topological polar surface area (TPSA) is 77.6 Å². The molecule has 0 amide bonds. The maximum Gasteiger partial charge on any atom is 0.213 e. The van der Waals surface area contributed by atoms with Gasteiger partial charge in [-0.1, -0.05) is 35.5 Å². The third-order valence-corrected chi connectivity index (χ3v) is 4.35. The van der Waals surface area contributed by atoms with E-state index in [1.54, 1.807) is 12.3 Å². The quantitative estimate of drug-likeness (QED) is 0.771. The first kappa shape index (κ1) is 15.8. The van der Waals surface area contributed by atoms with Crippen LogP contribution in [-0.4, -0.2) is 28.5 Å². The molecule has 6 nitrogen and oxygen atoms in total. The number of ether oxygens (including phenoxy) is 2. The first-order valence-corrected chi connectivity index (χ1v) is 8.06. The first-order valence-electron chi connectivity index (χ1n) is 8.06. The Balaban J connectivity index is 1.49. The van der Waals surface area contributed by atoms with Crippen LogP contribution in [0.15, 0.2) is 53.2 Å². The second-order valence-corrected chi connectivity index (χ2v) is 6.13. The number of rotatable bonds is 5. The molecule has 2 aromatic heterocycles. The van der Waals surface area contributed by atoms with Crippen molar-refractivity contribution in [3.8, 4) is 17.1 Å². The van der Waals surface area contributed by atoms with Crippen LogP contribution in [0.4, 0.5) is 0 Å². The highest BCUT2D eigenvalue weighted by atomic mass is 16.5. The summed E-state index contributed by atoms with van der Waals surface area (Å²) in [5.74, 6) is 1.20. The lowest BCUT2D eigenvalue weighted by Crippen LogP contribution is -2.46. The summed E-state index contributed by atoms with van der Waals surface area (Å²) in [5, 5.41) is 14.4. The van der Waals surface area contributed by atoms with Gasteiger partial charge < -0.3 is 19.1 Å². The van der Waals surface area contributed by atoms with Crippen molar-refractivity contribution in [2.75, 3.05) is 13.2 Å². The average molecular weight is 338 g/mol. The van der Waals surface area contributed by atoms with E-state index in [1.807, 2.05) is 43.3 Å². The van der Waals surface area contributed by atoms with E-state index in [-0.39, 0.29) is 0 Å². The summed E-state index contributed by atoms with van der Waals surface area (Å²) < 4.78 is 16.2. The Morgan fingerprint density at radius 2 is 1.96 bits per heavy atom. The van der Waals surface area contributed by atoms with Crippen molar-refractivity contribution in [1.29, 1.82) is 0 Å². The number of aliphatic hydroxyl groups is 1. The molecule has 0 radical (unpaired) electrons. The summed E-state index contributed by atoms with van der Waals surface area (Å²) >= 11 is 0. The van der Waals surface area contributed by atoms with Gasteiger partial charge in [-0.05, 0) is 13.0 Å². The highest BCUT2D eigenvalue weighted by molar-refractivity contribution is 5.63. The molecule has 3 aromatic rings. The van der Waals surface area contributed by atoms with Crippen LogP contribution in [0, 0.1) is 6.92 Å². The zero-order valence-corrected chi connectivity index (χ0v) is 13.8. The fourth-order valence-corrected chi connectivity index (χ4v) is 2.73. The van der Waals surface area contributed by atoms with E-state index < -0.39 is 5.60 Å². The van der Waals surface area contributed by atoms with Crippen molar-refractivity contribution < 1.29 is 19.1 Å². The number of aryl methyl sites for hydroxylation is 1. The molecule has 1 aromatic carbocycles. The minimum Gasteiger partial charge on any atom is -0.473 e. The fraction of sp³-hybridized carbons (Fsp3) is 0.263. The third kappa shape index (κ3) is 3.01. The molecule has 128 valence electrons. The van der Waals surface area contributed by atoms with Crippen LogP contribution in [0.2, 0.25) is 0 Å². The molecule has 0 aliphatic carbocycles. The molecule has 3 heterocycles. The van der Waals surface area contributed by atoms with E-state index in [0.29, 0.717) is 25.7 Å². The highest BCUT2D eigenvalue weighted by Crippen LogP contribution is 2.30. The van der Waals surface area contributed by atoms with Gasteiger partial charge in [-0.15, -0.1) is 0 Å². The molecule has 1 N–H and O–H groups in total. The number of nitrogens with zero attached hydrogens (tertiary/aromatic N) is 2. The Morgan fingerprint density at radius 3 is 2.60 bits per heavy atom. The molecule has 4 rings (SSSR count). The first-order chi connectivity index (χ1) is 12.2. The summed E-state index contributed by atoms with van der Waals surface area (Å²) in [7, 11) is 0. The van der Waals surface area contributed by atoms with Gasteiger partial charge in [-0.3, -0.25) is 0 Å². The summed E-state index contributed by atoms with van der Waals surface area (Å²) in [6.45, 7) is 2.77. The van der Waals surface area contributed by atoms with Gasteiger partial charge in [0.05, 0.1) is 18.8 Å². The Kier molecular flexibility index (Phi) is 3.99. The molecule has 0 saturated carbocycles. The van der Waals surface area contributed by atoms with Gasteiger partial charge in [0.2, 0.25) is 5.88 Å². The van der Waals surface area contributed by atoms with E-state index in [9.17, 15) is 5.11 Å². The second kappa shape index (κ2) is 6.31. The molecule has 1 aliphatic heterocycles. The normalized spacial score (nSPS) is 15.6. The lowest BCUT2D eigenvalue weighted by Gasteiger charge is -2.36. The van der Waals surface area contributed by atoms with Crippen molar-refractivity contribution in [2.45, 2.75) is 19.1 Å². The maximum absolute atomic E-state index is 10.2. The number of hydrogen-bond donors (Lipinski definition) is 1. The van der Waals surface area contributed by atoms with Crippen molar-refractivity contribution in [3.05, 3.63) is 65.5 Å². The second-order valence-electron chi connectivity index (χ2n) is 6.13. The maximum atomic E-state index is 10.2. The standard InChI is InChI=1S/C19H18N2O4/c1-13-16(18(21-25-13)14-5-3-2-4-6-14)10-24-17-8-7-15(9-20-17)19(22)11-23-12-19/h2-9,22H,10-12H2,1H3. The molecule has 0 atom stereocenters. The van der Waals surface area contributed by atoms with Gasteiger partial charge >= 0.3 is 0 Å². The van der Waals surface area contributed by atoms with Crippen LogP contribution >= 0.6 is 0 Å². The molecule has 0 bridgehead atoms. The smallest absolute Gasteiger partial charge is 0.213 e. The summed E-state index contributed by atoms with van der Waals surface area (Å²) in [6.07, 6.45) is 1.62. The molecule has 1 aliphatic rings. The number of pyridine rings is 1. The molecular weight excluding hydrogens is 320 g/mol. The van der Waals surface area contributed by atoms with Crippen molar-refractivity contribution >= 4 is 0 Å². The van der Waals surface area contributed by atoms with Crippen LogP contribution in [0.3, 0.4) is 0 Å². The Hall–Kier alpha value is -2.70.